The molecule has 5 heteroatoms. The molecule has 0 bridgehead atoms. The Labute approximate surface area is 80.2 Å². The first-order valence-electron chi connectivity index (χ1n) is 3.83. The fraction of sp³-hybridized carbons (Fsp3) is 0.875. The Hall–Kier alpha value is -0.650. The normalized spacial score (nSPS) is 9.54. The van der Waals surface area contributed by atoms with Gasteiger partial charge in [-0.1, -0.05) is 0 Å². The Balaban J connectivity index is 0. The maximum absolute atomic E-state index is 9.43. The number of carbonyl (C=O) groups is 1. The highest BCUT2D eigenvalue weighted by Gasteiger charge is 2.04. The molecular weight excluding hydrogens is 172 g/mol. The van der Waals surface area contributed by atoms with Gasteiger partial charge in [-0.3, -0.25) is 9.69 Å². The molecule has 0 rings (SSSR count). The fourth-order valence-electron chi connectivity index (χ4n) is 0.518. The molecule has 0 heterocycles. The van der Waals surface area contributed by atoms with Crippen molar-refractivity contribution in [3.63, 3.8) is 0 Å². The molecule has 0 aliphatic heterocycles. The van der Waals surface area contributed by atoms with Crippen molar-refractivity contribution in [2.75, 3.05) is 42.4 Å². The second-order valence-electron chi connectivity index (χ2n) is 2.81. The molecule has 0 saturated heterocycles. The van der Waals surface area contributed by atoms with E-state index < -0.39 is 0 Å². The van der Waals surface area contributed by atoms with Crippen molar-refractivity contribution in [3.05, 3.63) is 0 Å². The average Bonchev–Trinajstić information content (AvgIpc) is 2.07. The van der Waals surface area contributed by atoms with Gasteiger partial charge in [-0.05, 0) is 14.1 Å². The van der Waals surface area contributed by atoms with E-state index >= 15 is 0 Å². The Bertz CT molecular complexity index is 114. The van der Waals surface area contributed by atoms with Gasteiger partial charge >= 0.3 is 0 Å². The zero-order valence-corrected chi connectivity index (χ0v) is 9.27. The van der Waals surface area contributed by atoms with Gasteiger partial charge < -0.3 is 14.4 Å². The van der Waals surface area contributed by atoms with Crippen LogP contribution in [0.1, 0.15) is 0 Å². The number of ether oxygens (including phenoxy) is 2. The summed E-state index contributed by atoms with van der Waals surface area (Å²) in [5.41, 5.74) is 0. The van der Waals surface area contributed by atoms with Crippen molar-refractivity contribution in [1.82, 2.24) is 9.80 Å². The second-order valence-corrected chi connectivity index (χ2v) is 2.81. The van der Waals surface area contributed by atoms with E-state index in [9.17, 15) is 4.79 Å². The van der Waals surface area contributed by atoms with Crippen LogP contribution in [0.25, 0.3) is 0 Å². The van der Waals surface area contributed by atoms with Crippen LogP contribution in [-0.4, -0.2) is 65.0 Å². The highest BCUT2D eigenvalue weighted by molar-refractivity contribution is 5.45. The fourth-order valence-corrected chi connectivity index (χ4v) is 0.518. The topological polar surface area (TPSA) is 42.0 Å². The minimum absolute atomic E-state index is 0.213. The number of nitrogens with zero attached hydrogens (tertiary/aromatic N) is 2. The van der Waals surface area contributed by atoms with Gasteiger partial charge in [0.15, 0.2) is 0 Å². The van der Waals surface area contributed by atoms with E-state index in [2.05, 4.69) is 0 Å². The number of methoxy groups -OCH3 is 2. The van der Waals surface area contributed by atoms with Gasteiger partial charge in [0.05, 0.1) is 0 Å². The number of amides is 1. The molecule has 0 N–H and O–H groups in total. The van der Waals surface area contributed by atoms with Gasteiger partial charge in [-0.15, -0.1) is 0 Å². The molecule has 0 aromatic rings. The molecule has 0 atom stereocenters. The SMILES string of the molecule is CN(C)C=O.COC(OC)N(C)C. The first-order chi connectivity index (χ1) is 5.99. The molecule has 80 valence electrons. The van der Waals surface area contributed by atoms with Crippen LogP contribution in [0.3, 0.4) is 0 Å². The molecular formula is C8H20N2O3. The van der Waals surface area contributed by atoms with Crippen LogP contribution in [0.5, 0.6) is 0 Å². The summed E-state index contributed by atoms with van der Waals surface area (Å²) in [5.74, 6) is 0. The van der Waals surface area contributed by atoms with Gasteiger partial charge in [-0.2, -0.15) is 0 Å². The minimum Gasteiger partial charge on any atom is -0.351 e. The molecule has 0 fully saturated rings. The van der Waals surface area contributed by atoms with Crippen LogP contribution in [0.2, 0.25) is 0 Å². The number of carbonyl (C=O) groups excluding carboxylic acids is 1. The molecule has 0 radical (unpaired) electrons. The lowest BCUT2D eigenvalue weighted by Gasteiger charge is -2.19. The van der Waals surface area contributed by atoms with Crippen LogP contribution in [-0.2, 0) is 14.3 Å². The standard InChI is InChI=1S/C5H13NO2.C3H7NO/c1-6(2)5(7-3)8-4;1-4(2)3-5/h5H,1-4H3;3H,1-2H3. The monoisotopic (exact) mass is 192 g/mol. The molecule has 0 spiro atoms. The van der Waals surface area contributed by atoms with E-state index in [0.29, 0.717) is 0 Å². The molecule has 0 unspecified atom stereocenters. The lowest BCUT2D eigenvalue weighted by Crippen LogP contribution is -2.30. The lowest BCUT2D eigenvalue weighted by atomic mass is 10.9. The molecule has 0 aliphatic carbocycles. The number of hydrogen-bond acceptors (Lipinski definition) is 4. The first-order valence-corrected chi connectivity index (χ1v) is 3.83. The van der Waals surface area contributed by atoms with Crippen molar-refractivity contribution in [3.8, 4) is 0 Å². The average molecular weight is 192 g/mol. The predicted octanol–water partition coefficient (Wildman–Crippen LogP) is -0.171. The van der Waals surface area contributed by atoms with Crippen molar-refractivity contribution in [2.45, 2.75) is 6.41 Å². The van der Waals surface area contributed by atoms with Gasteiger partial charge in [0.2, 0.25) is 12.8 Å². The maximum Gasteiger partial charge on any atom is 0.217 e. The van der Waals surface area contributed by atoms with E-state index in [1.54, 1.807) is 28.3 Å². The van der Waals surface area contributed by atoms with E-state index in [1.165, 1.54) is 4.90 Å². The summed E-state index contributed by atoms with van der Waals surface area (Å²) in [6, 6.07) is 0. The van der Waals surface area contributed by atoms with Gasteiger partial charge in [0.1, 0.15) is 0 Å². The Morgan fingerprint density at radius 1 is 1.08 bits per heavy atom. The quantitative estimate of drug-likeness (QED) is 0.458. The van der Waals surface area contributed by atoms with E-state index in [1.807, 2.05) is 19.0 Å². The zero-order chi connectivity index (χ0) is 10.9. The van der Waals surface area contributed by atoms with Crippen LogP contribution < -0.4 is 0 Å². The van der Waals surface area contributed by atoms with Crippen molar-refractivity contribution in [1.29, 1.82) is 0 Å². The number of rotatable bonds is 4. The summed E-state index contributed by atoms with van der Waals surface area (Å²) in [6.45, 7) is 0. The second kappa shape index (κ2) is 9.44. The van der Waals surface area contributed by atoms with Crippen molar-refractivity contribution < 1.29 is 14.3 Å². The summed E-state index contributed by atoms with van der Waals surface area (Å²) >= 11 is 0. The lowest BCUT2D eigenvalue weighted by molar-refractivity contribution is -0.179. The van der Waals surface area contributed by atoms with Gasteiger partial charge in [-0.25, -0.2) is 0 Å². The highest BCUT2D eigenvalue weighted by Crippen LogP contribution is 1.91. The summed E-state index contributed by atoms with van der Waals surface area (Å²) in [7, 11) is 10.4. The molecule has 0 aromatic heterocycles. The summed E-state index contributed by atoms with van der Waals surface area (Å²) in [6.07, 6.45) is 0.537. The van der Waals surface area contributed by atoms with E-state index in [0.717, 1.165) is 6.41 Å². The van der Waals surface area contributed by atoms with Crippen LogP contribution in [0, 0.1) is 0 Å². The highest BCUT2D eigenvalue weighted by atomic mass is 16.7. The summed E-state index contributed by atoms with van der Waals surface area (Å²) < 4.78 is 9.73. The molecule has 0 aromatic carbocycles. The van der Waals surface area contributed by atoms with Gasteiger partial charge in [0, 0.05) is 28.3 Å². The predicted molar refractivity (Wildman–Crippen MR) is 51.2 cm³/mol. The Kier molecular flexibility index (Phi) is 10.8. The maximum atomic E-state index is 9.43. The molecule has 0 saturated carbocycles. The molecule has 5 nitrogen and oxygen atoms in total. The smallest absolute Gasteiger partial charge is 0.217 e. The largest absolute Gasteiger partial charge is 0.351 e. The third-order valence-corrected chi connectivity index (χ3v) is 1.04. The Morgan fingerprint density at radius 3 is 1.38 bits per heavy atom. The van der Waals surface area contributed by atoms with Gasteiger partial charge in [0.25, 0.3) is 0 Å². The molecule has 13 heavy (non-hydrogen) atoms. The zero-order valence-electron chi connectivity index (χ0n) is 9.27. The van der Waals surface area contributed by atoms with E-state index in [-0.39, 0.29) is 6.41 Å². The molecule has 0 aliphatic rings. The Morgan fingerprint density at radius 2 is 1.38 bits per heavy atom. The third-order valence-electron chi connectivity index (χ3n) is 1.04. The van der Waals surface area contributed by atoms with Crippen LogP contribution in [0.15, 0.2) is 0 Å². The van der Waals surface area contributed by atoms with Crippen molar-refractivity contribution in [2.24, 2.45) is 0 Å². The van der Waals surface area contributed by atoms with Crippen LogP contribution >= 0.6 is 0 Å². The van der Waals surface area contributed by atoms with Crippen molar-refractivity contribution >= 4 is 6.41 Å². The minimum atomic E-state index is -0.213. The van der Waals surface area contributed by atoms with Crippen LogP contribution in [0.4, 0.5) is 0 Å². The van der Waals surface area contributed by atoms with E-state index in [4.69, 9.17) is 9.47 Å². The number of hydrogen-bond donors (Lipinski definition) is 0. The third kappa shape index (κ3) is 11.3. The summed E-state index contributed by atoms with van der Waals surface area (Å²) in [4.78, 5) is 12.7. The molecule has 1 amide bonds. The first kappa shape index (κ1) is 14.9. The summed E-state index contributed by atoms with van der Waals surface area (Å²) in [5, 5.41) is 0.